The Hall–Kier alpha value is -2.41. The topological polar surface area (TPSA) is 79.0 Å². The van der Waals surface area contributed by atoms with E-state index in [1.54, 1.807) is 30.2 Å². The summed E-state index contributed by atoms with van der Waals surface area (Å²) in [7, 11) is 1.58. The van der Waals surface area contributed by atoms with E-state index in [4.69, 9.17) is 4.74 Å². The molecule has 1 aromatic carbocycles. The second-order valence-electron chi connectivity index (χ2n) is 6.97. The molecule has 140 valence electrons. The third kappa shape index (κ3) is 3.72. The fraction of sp³-hybridized carbons (Fsp3) is 0.526. The average molecular weight is 359 g/mol. The Morgan fingerprint density at radius 2 is 1.88 bits per heavy atom. The zero-order valence-corrected chi connectivity index (χ0v) is 15.3. The number of likely N-dealkylation sites (tertiary alicyclic amines) is 1. The molecule has 0 unspecified atom stereocenters. The molecule has 0 saturated carbocycles. The number of fused-ring (bicyclic) bond motifs is 1. The van der Waals surface area contributed by atoms with Crippen molar-refractivity contribution in [1.29, 1.82) is 0 Å². The first kappa shape index (κ1) is 18.4. The molecule has 1 saturated heterocycles. The van der Waals surface area contributed by atoms with Crippen LogP contribution < -0.4 is 5.32 Å². The molecule has 7 nitrogen and oxygen atoms in total. The number of imide groups is 1. The van der Waals surface area contributed by atoms with E-state index in [1.807, 2.05) is 0 Å². The third-order valence-corrected chi connectivity index (χ3v) is 5.02. The molecule has 4 amide bonds. The molecule has 3 rings (SSSR count). The quantitative estimate of drug-likeness (QED) is 0.647. The number of hydrogen-bond acceptors (Lipinski definition) is 4. The second kappa shape index (κ2) is 7.86. The van der Waals surface area contributed by atoms with Crippen molar-refractivity contribution >= 4 is 23.5 Å². The number of ether oxygens (including phenoxy) is 1. The number of piperidine rings is 1. The summed E-state index contributed by atoms with van der Waals surface area (Å²) in [4.78, 5) is 40.3. The minimum Gasteiger partial charge on any atom is -0.385 e. The molecule has 0 radical (unpaired) electrons. The van der Waals surface area contributed by atoms with Crippen molar-refractivity contribution in [2.24, 2.45) is 5.92 Å². The number of anilines is 1. The van der Waals surface area contributed by atoms with Crippen molar-refractivity contribution in [2.45, 2.75) is 26.2 Å². The normalized spacial score (nSPS) is 17.6. The van der Waals surface area contributed by atoms with Crippen molar-refractivity contribution in [1.82, 2.24) is 9.80 Å². The predicted octanol–water partition coefficient (Wildman–Crippen LogP) is 2.58. The zero-order valence-electron chi connectivity index (χ0n) is 15.3. The van der Waals surface area contributed by atoms with Crippen molar-refractivity contribution < 1.29 is 19.1 Å². The molecule has 2 heterocycles. The molecule has 7 heteroatoms. The summed E-state index contributed by atoms with van der Waals surface area (Å²) in [5, 5.41) is 2.84. The molecule has 1 aromatic rings. The molecule has 2 aliphatic heterocycles. The van der Waals surface area contributed by atoms with Crippen LogP contribution in [0.5, 0.6) is 0 Å². The fourth-order valence-corrected chi connectivity index (χ4v) is 3.35. The molecule has 0 atom stereocenters. The van der Waals surface area contributed by atoms with Crippen LogP contribution in [0, 0.1) is 5.92 Å². The largest absolute Gasteiger partial charge is 0.385 e. The number of methoxy groups -OCH3 is 1. The van der Waals surface area contributed by atoms with Gasteiger partial charge in [0.15, 0.2) is 0 Å². The van der Waals surface area contributed by atoms with Crippen molar-refractivity contribution in [3.63, 3.8) is 0 Å². The van der Waals surface area contributed by atoms with Crippen LogP contribution in [0.25, 0.3) is 0 Å². The Morgan fingerprint density at radius 1 is 1.19 bits per heavy atom. The molecular formula is C19H25N3O4. The maximum absolute atomic E-state index is 12.5. The van der Waals surface area contributed by atoms with E-state index in [2.05, 4.69) is 12.2 Å². The molecule has 26 heavy (non-hydrogen) atoms. The zero-order chi connectivity index (χ0) is 18.7. The molecule has 0 aromatic heterocycles. The number of rotatable bonds is 5. The summed E-state index contributed by atoms with van der Waals surface area (Å²) in [6.07, 6.45) is 2.60. The Labute approximate surface area is 153 Å². The lowest BCUT2D eigenvalue weighted by atomic mass is 10.00. The van der Waals surface area contributed by atoms with Crippen LogP contribution in [0.15, 0.2) is 18.2 Å². The highest BCUT2D eigenvalue weighted by Crippen LogP contribution is 2.26. The number of amides is 4. The molecule has 0 bridgehead atoms. The smallest absolute Gasteiger partial charge is 0.321 e. The van der Waals surface area contributed by atoms with Gasteiger partial charge in [-0.25, -0.2) is 4.79 Å². The number of hydrogen-bond donors (Lipinski definition) is 1. The number of nitrogens with one attached hydrogen (secondary N) is 1. The first-order valence-corrected chi connectivity index (χ1v) is 9.06. The van der Waals surface area contributed by atoms with Gasteiger partial charge in [-0.1, -0.05) is 6.92 Å². The number of carbonyl (C=O) groups is 3. The van der Waals surface area contributed by atoms with E-state index in [9.17, 15) is 14.4 Å². The summed E-state index contributed by atoms with van der Waals surface area (Å²) < 4.78 is 4.97. The van der Waals surface area contributed by atoms with Crippen molar-refractivity contribution in [3.8, 4) is 0 Å². The molecule has 2 aliphatic rings. The van der Waals surface area contributed by atoms with Gasteiger partial charge in [0.1, 0.15) is 0 Å². The SMILES string of the molecule is COCCCN1C(=O)c2ccc(NC(=O)N3CCC(C)CC3)cc2C1=O. The molecule has 0 spiro atoms. The van der Waals surface area contributed by atoms with Gasteiger partial charge >= 0.3 is 6.03 Å². The van der Waals surface area contributed by atoms with Gasteiger partial charge in [-0.05, 0) is 43.4 Å². The average Bonchev–Trinajstić information content (AvgIpc) is 2.87. The van der Waals surface area contributed by atoms with Gasteiger partial charge in [0.25, 0.3) is 11.8 Å². The highest BCUT2D eigenvalue weighted by molar-refractivity contribution is 6.21. The summed E-state index contributed by atoms with van der Waals surface area (Å²) in [6.45, 7) is 4.49. The van der Waals surface area contributed by atoms with E-state index in [1.165, 1.54) is 4.90 Å². The van der Waals surface area contributed by atoms with Crippen molar-refractivity contribution in [2.75, 3.05) is 38.7 Å². The Bertz CT molecular complexity index is 711. The number of benzene rings is 1. The van der Waals surface area contributed by atoms with Crippen LogP contribution in [0.4, 0.5) is 10.5 Å². The lowest BCUT2D eigenvalue weighted by Crippen LogP contribution is -2.40. The predicted molar refractivity (Wildman–Crippen MR) is 97.3 cm³/mol. The monoisotopic (exact) mass is 359 g/mol. The third-order valence-electron chi connectivity index (χ3n) is 5.02. The lowest BCUT2D eigenvalue weighted by Gasteiger charge is -2.30. The van der Waals surface area contributed by atoms with Gasteiger partial charge in [-0.2, -0.15) is 0 Å². The number of urea groups is 1. The maximum atomic E-state index is 12.5. The fourth-order valence-electron chi connectivity index (χ4n) is 3.35. The van der Waals surface area contributed by atoms with Gasteiger partial charge in [-0.15, -0.1) is 0 Å². The summed E-state index contributed by atoms with van der Waals surface area (Å²) in [6, 6.07) is 4.72. The van der Waals surface area contributed by atoms with Gasteiger partial charge in [-0.3, -0.25) is 14.5 Å². The van der Waals surface area contributed by atoms with Gasteiger partial charge in [0.2, 0.25) is 0 Å². The first-order valence-electron chi connectivity index (χ1n) is 9.06. The van der Waals surface area contributed by atoms with Crippen LogP contribution in [0.1, 0.15) is 46.9 Å². The standard InChI is InChI=1S/C19H25N3O4/c1-13-6-9-21(10-7-13)19(25)20-14-4-5-15-16(12-14)18(24)22(17(15)23)8-3-11-26-2/h4-5,12-13H,3,6-11H2,1-2H3,(H,20,25). The number of carbonyl (C=O) groups excluding carboxylic acids is 3. The lowest BCUT2D eigenvalue weighted by molar-refractivity contribution is 0.0638. The highest BCUT2D eigenvalue weighted by atomic mass is 16.5. The van der Waals surface area contributed by atoms with Crippen LogP contribution in [-0.4, -0.2) is 61.0 Å². The Kier molecular flexibility index (Phi) is 5.56. The van der Waals surface area contributed by atoms with Crippen molar-refractivity contribution in [3.05, 3.63) is 29.3 Å². The molecule has 1 N–H and O–H groups in total. The Morgan fingerprint density at radius 3 is 2.58 bits per heavy atom. The van der Waals surface area contributed by atoms with Crippen LogP contribution >= 0.6 is 0 Å². The minimum atomic E-state index is -0.316. The first-order chi connectivity index (χ1) is 12.5. The van der Waals surface area contributed by atoms with Crippen LogP contribution in [0.3, 0.4) is 0 Å². The van der Waals surface area contributed by atoms with Gasteiger partial charge in [0.05, 0.1) is 11.1 Å². The maximum Gasteiger partial charge on any atom is 0.321 e. The van der Waals surface area contributed by atoms with E-state index in [-0.39, 0.29) is 17.8 Å². The summed E-state index contributed by atoms with van der Waals surface area (Å²) in [5.74, 6) is 0.0415. The summed E-state index contributed by atoms with van der Waals surface area (Å²) >= 11 is 0. The van der Waals surface area contributed by atoms with E-state index in [0.717, 1.165) is 25.9 Å². The highest BCUT2D eigenvalue weighted by Gasteiger charge is 2.35. The van der Waals surface area contributed by atoms with Gasteiger partial charge in [0, 0.05) is 39.0 Å². The Balaban J connectivity index is 1.67. The molecular weight excluding hydrogens is 334 g/mol. The van der Waals surface area contributed by atoms with Gasteiger partial charge < -0.3 is 15.0 Å². The van der Waals surface area contributed by atoms with E-state index >= 15 is 0 Å². The minimum absolute atomic E-state index is 0.162. The van der Waals surface area contributed by atoms with E-state index < -0.39 is 0 Å². The summed E-state index contributed by atoms with van der Waals surface area (Å²) in [5.41, 5.74) is 1.27. The van der Waals surface area contributed by atoms with Crippen LogP contribution in [0.2, 0.25) is 0 Å². The second-order valence-corrected chi connectivity index (χ2v) is 6.97. The number of nitrogens with zero attached hydrogens (tertiary/aromatic N) is 2. The molecule has 1 fully saturated rings. The molecule has 0 aliphatic carbocycles. The van der Waals surface area contributed by atoms with E-state index in [0.29, 0.717) is 42.3 Å². The van der Waals surface area contributed by atoms with Crippen LogP contribution in [-0.2, 0) is 4.74 Å².